The van der Waals surface area contributed by atoms with Gasteiger partial charge in [0, 0.05) is 21.1 Å². The van der Waals surface area contributed by atoms with Gasteiger partial charge in [0.15, 0.2) is 0 Å². The second-order valence-electron chi connectivity index (χ2n) is 4.18. The highest BCUT2D eigenvalue weighted by molar-refractivity contribution is 7.80. The number of thiol groups is 1. The van der Waals surface area contributed by atoms with E-state index in [0.29, 0.717) is 0 Å². The molecule has 0 spiro atoms. The number of rotatable bonds is 4. The van der Waals surface area contributed by atoms with Gasteiger partial charge in [-0.25, -0.2) is 0 Å². The molecule has 1 aromatic carbocycles. The molecular weight excluding hydrogens is 260 g/mol. The Morgan fingerprint density at radius 2 is 2.11 bits per heavy atom. The van der Waals surface area contributed by atoms with E-state index in [1.54, 1.807) is 7.11 Å². The third-order valence-electron chi connectivity index (χ3n) is 2.77. The molecule has 0 bridgehead atoms. The van der Waals surface area contributed by atoms with Crippen molar-refractivity contribution >= 4 is 29.5 Å². The molecule has 94 valence electrons. The summed E-state index contributed by atoms with van der Waals surface area (Å²) < 4.78 is 5.24. The van der Waals surface area contributed by atoms with Crippen LogP contribution in [0.5, 0.6) is 5.75 Å². The maximum atomic E-state index is 5.24. The largest absolute Gasteiger partial charge is 0.497 e. The molecule has 18 heavy (non-hydrogen) atoms. The summed E-state index contributed by atoms with van der Waals surface area (Å²) in [6.45, 7) is 6.29. The monoisotopic (exact) mass is 276 g/mol. The minimum Gasteiger partial charge on any atom is -0.497 e. The fraction of sp³-hybridized carbons (Fsp3) is 0.200. The number of ether oxygens (including phenoxy) is 1. The third kappa shape index (κ3) is 2.98. The van der Waals surface area contributed by atoms with Crippen LogP contribution < -0.4 is 4.74 Å². The molecule has 0 saturated heterocycles. The van der Waals surface area contributed by atoms with Gasteiger partial charge in [-0.1, -0.05) is 6.58 Å². The lowest BCUT2D eigenvalue weighted by Crippen LogP contribution is -1.91. The van der Waals surface area contributed by atoms with E-state index < -0.39 is 0 Å². The molecule has 0 aliphatic heterocycles. The number of hydrogen-bond donors (Lipinski definition) is 1. The Labute approximate surface area is 118 Å². The summed E-state index contributed by atoms with van der Waals surface area (Å²) in [5.74, 6) is 0.839. The van der Waals surface area contributed by atoms with Crippen molar-refractivity contribution in [2.24, 2.45) is 0 Å². The van der Waals surface area contributed by atoms with E-state index in [1.165, 1.54) is 9.75 Å². The number of aryl methyl sites for hydroxylation is 1. The van der Waals surface area contributed by atoms with Crippen LogP contribution in [0.15, 0.2) is 41.8 Å². The first-order chi connectivity index (χ1) is 8.60. The van der Waals surface area contributed by atoms with E-state index >= 15 is 0 Å². The summed E-state index contributed by atoms with van der Waals surface area (Å²) in [6.07, 6.45) is 0.860. The summed E-state index contributed by atoms with van der Waals surface area (Å²) in [4.78, 5) is 3.59. The first kappa shape index (κ1) is 13.2. The molecule has 2 rings (SSSR count). The average Bonchev–Trinajstić information content (AvgIpc) is 2.75. The van der Waals surface area contributed by atoms with E-state index in [9.17, 15) is 0 Å². The molecule has 0 radical (unpaired) electrons. The molecule has 1 nitrogen and oxygen atoms in total. The van der Waals surface area contributed by atoms with Crippen LogP contribution in [-0.2, 0) is 6.42 Å². The van der Waals surface area contributed by atoms with Crippen molar-refractivity contribution < 1.29 is 4.74 Å². The third-order valence-corrected chi connectivity index (χ3v) is 4.16. The zero-order valence-corrected chi connectivity index (χ0v) is 12.3. The molecule has 0 atom stereocenters. The van der Waals surface area contributed by atoms with Gasteiger partial charge in [-0.15, -0.1) is 24.0 Å². The molecule has 0 aliphatic carbocycles. The van der Waals surface area contributed by atoms with E-state index in [2.05, 4.69) is 38.3 Å². The highest BCUT2D eigenvalue weighted by Crippen LogP contribution is 2.29. The summed E-state index contributed by atoms with van der Waals surface area (Å²) in [6, 6.07) is 10.1. The van der Waals surface area contributed by atoms with Gasteiger partial charge in [0.2, 0.25) is 0 Å². The van der Waals surface area contributed by atoms with E-state index in [1.807, 2.05) is 29.5 Å². The topological polar surface area (TPSA) is 9.23 Å². The normalized spacial score (nSPS) is 10.4. The number of thiophene rings is 1. The molecule has 3 heteroatoms. The maximum absolute atomic E-state index is 5.24. The molecule has 2 aromatic rings. The smallest absolute Gasteiger partial charge is 0.119 e. The van der Waals surface area contributed by atoms with Gasteiger partial charge in [-0.2, -0.15) is 0 Å². The Bertz CT molecular complexity index is 570. The second-order valence-corrected chi connectivity index (χ2v) is 6.03. The minimum atomic E-state index is 0.839. The molecule has 0 unspecified atom stereocenters. The van der Waals surface area contributed by atoms with Gasteiger partial charge in [0.05, 0.1) is 7.11 Å². The lowest BCUT2D eigenvalue weighted by molar-refractivity contribution is 0.414. The van der Waals surface area contributed by atoms with Crippen molar-refractivity contribution in [2.45, 2.75) is 18.2 Å². The molecule has 0 aliphatic rings. The Morgan fingerprint density at radius 1 is 1.33 bits per heavy atom. The van der Waals surface area contributed by atoms with Crippen LogP contribution in [0.2, 0.25) is 0 Å². The zero-order chi connectivity index (χ0) is 13.1. The number of hydrogen-bond acceptors (Lipinski definition) is 3. The Morgan fingerprint density at radius 3 is 2.72 bits per heavy atom. The Balaban J connectivity index is 2.23. The molecule has 0 fully saturated rings. The van der Waals surface area contributed by atoms with Crippen molar-refractivity contribution in [1.82, 2.24) is 0 Å². The van der Waals surface area contributed by atoms with Crippen molar-refractivity contribution in [3.63, 3.8) is 0 Å². The molecule has 0 amide bonds. The first-order valence-corrected chi connectivity index (χ1v) is 6.97. The second kappa shape index (κ2) is 5.63. The van der Waals surface area contributed by atoms with E-state index in [4.69, 9.17) is 4.74 Å². The van der Waals surface area contributed by atoms with Gasteiger partial charge in [0.25, 0.3) is 0 Å². The lowest BCUT2D eigenvalue weighted by atomic mass is 10.0. The fourth-order valence-corrected chi connectivity index (χ4v) is 3.04. The van der Waals surface area contributed by atoms with Crippen LogP contribution in [0, 0.1) is 6.92 Å². The highest BCUT2D eigenvalue weighted by Gasteiger charge is 2.07. The van der Waals surface area contributed by atoms with Gasteiger partial charge in [0.1, 0.15) is 5.75 Å². The predicted molar refractivity (Wildman–Crippen MR) is 82.0 cm³/mol. The predicted octanol–water partition coefficient (Wildman–Crippen LogP) is 4.61. The van der Waals surface area contributed by atoms with Gasteiger partial charge < -0.3 is 4.74 Å². The van der Waals surface area contributed by atoms with Crippen LogP contribution in [0.3, 0.4) is 0 Å². The summed E-state index contributed by atoms with van der Waals surface area (Å²) >= 11 is 6.29. The molecule has 1 heterocycles. The summed E-state index contributed by atoms with van der Waals surface area (Å²) in [5, 5.41) is 0. The fourth-order valence-electron chi connectivity index (χ4n) is 1.81. The minimum absolute atomic E-state index is 0.839. The number of methoxy groups -OCH3 is 1. The number of benzene rings is 1. The highest BCUT2D eigenvalue weighted by atomic mass is 32.1. The number of allylic oxidation sites excluding steroid dienone is 1. The van der Waals surface area contributed by atoms with Crippen molar-refractivity contribution in [3.8, 4) is 5.75 Å². The average molecular weight is 276 g/mol. The van der Waals surface area contributed by atoms with Crippen LogP contribution in [0.4, 0.5) is 0 Å². The van der Waals surface area contributed by atoms with Crippen molar-refractivity contribution in [3.05, 3.63) is 52.2 Å². The van der Waals surface area contributed by atoms with Crippen LogP contribution >= 0.6 is 24.0 Å². The van der Waals surface area contributed by atoms with E-state index in [-0.39, 0.29) is 0 Å². The lowest BCUT2D eigenvalue weighted by Gasteiger charge is -2.10. The van der Waals surface area contributed by atoms with Gasteiger partial charge >= 0.3 is 0 Å². The standard InChI is InChI=1S/C15H16OS2/c1-10(8-13-6-4-11(2)18-13)14-9-12(16-3)5-7-15(14)17/h4-7,9,17H,1,8H2,2-3H3. The van der Waals surface area contributed by atoms with Crippen molar-refractivity contribution in [2.75, 3.05) is 7.11 Å². The van der Waals surface area contributed by atoms with Crippen molar-refractivity contribution in [1.29, 1.82) is 0 Å². The summed E-state index contributed by atoms with van der Waals surface area (Å²) in [7, 11) is 1.67. The van der Waals surface area contributed by atoms with Crippen LogP contribution in [0.1, 0.15) is 15.3 Å². The van der Waals surface area contributed by atoms with Gasteiger partial charge in [-0.3, -0.25) is 0 Å². The first-order valence-electron chi connectivity index (χ1n) is 5.70. The molecule has 1 aromatic heterocycles. The zero-order valence-electron chi connectivity index (χ0n) is 10.6. The van der Waals surface area contributed by atoms with Gasteiger partial charge in [-0.05, 0) is 48.4 Å². The SMILES string of the molecule is C=C(Cc1ccc(C)s1)c1cc(OC)ccc1S. The Kier molecular flexibility index (Phi) is 4.15. The molecule has 0 saturated carbocycles. The maximum Gasteiger partial charge on any atom is 0.119 e. The van der Waals surface area contributed by atoms with Crippen LogP contribution in [0.25, 0.3) is 5.57 Å². The molecular formula is C15H16OS2. The van der Waals surface area contributed by atoms with E-state index in [0.717, 1.165) is 28.2 Å². The van der Waals surface area contributed by atoms with Crippen LogP contribution in [-0.4, -0.2) is 7.11 Å². The Hall–Kier alpha value is -1.19. The summed E-state index contributed by atoms with van der Waals surface area (Å²) in [5.41, 5.74) is 2.13. The molecule has 0 N–H and O–H groups in total. The quantitative estimate of drug-likeness (QED) is 0.802.